The third-order valence-electron chi connectivity index (χ3n) is 1.93. The SMILES string of the molecule is CCC(O[N+](=O)[O-])C(=O)N(CC)CC. The summed E-state index contributed by atoms with van der Waals surface area (Å²) < 4.78 is 0. The zero-order valence-corrected chi connectivity index (χ0v) is 8.73. The molecule has 0 rings (SSSR count). The summed E-state index contributed by atoms with van der Waals surface area (Å²) in [6.07, 6.45) is -0.666. The molecule has 1 unspecified atom stereocenters. The molecule has 0 N–H and O–H groups in total. The summed E-state index contributed by atoms with van der Waals surface area (Å²) in [6, 6.07) is 0. The van der Waals surface area contributed by atoms with E-state index in [9.17, 15) is 14.9 Å². The van der Waals surface area contributed by atoms with Gasteiger partial charge in [0.2, 0.25) is 0 Å². The number of hydrogen-bond acceptors (Lipinski definition) is 4. The molecule has 0 aliphatic rings. The van der Waals surface area contributed by atoms with Crippen LogP contribution < -0.4 is 0 Å². The van der Waals surface area contributed by atoms with Crippen molar-refractivity contribution in [3.8, 4) is 0 Å². The van der Waals surface area contributed by atoms with Crippen molar-refractivity contribution in [1.82, 2.24) is 4.90 Å². The number of amides is 1. The number of carbonyl (C=O) groups excluding carboxylic acids is 1. The van der Waals surface area contributed by atoms with Crippen LogP contribution in [-0.2, 0) is 9.63 Å². The summed E-state index contributed by atoms with van der Waals surface area (Å²) in [6.45, 7) is 6.38. The number of hydrogen-bond donors (Lipinski definition) is 0. The molecule has 0 bridgehead atoms. The third kappa shape index (κ3) is 3.59. The van der Waals surface area contributed by atoms with Gasteiger partial charge in [0.1, 0.15) is 0 Å². The highest BCUT2D eigenvalue weighted by atomic mass is 17.0. The van der Waals surface area contributed by atoms with Crippen LogP contribution in [0.3, 0.4) is 0 Å². The van der Waals surface area contributed by atoms with Gasteiger partial charge in [-0.05, 0) is 20.3 Å². The lowest BCUT2D eigenvalue weighted by molar-refractivity contribution is -0.764. The smallest absolute Gasteiger partial charge is 0.295 e. The van der Waals surface area contributed by atoms with E-state index in [2.05, 4.69) is 4.84 Å². The Morgan fingerprint density at radius 1 is 1.43 bits per heavy atom. The Kier molecular flexibility index (Phi) is 5.59. The van der Waals surface area contributed by atoms with Crippen molar-refractivity contribution < 1.29 is 14.7 Å². The molecule has 0 fully saturated rings. The van der Waals surface area contributed by atoms with Gasteiger partial charge in [-0.15, -0.1) is 10.1 Å². The fourth-order valence-corrected chi connectivity index (χ4v) is 1.14. The average Bonchev–Trinajstić information content (AvgIpc) is 2.15. The Morgan fingerprint density at radius 3 is 2.21 bits per heavy atom. The predicted molar refractivity (Wildman–Crippen MR) is 50.1 cm³/mol. The first kappa shape index (κ1) is 12.7. The van der Waals surface area contributed by atoms with Crippen LogP contribution in [0.15, 0.2) is 0 Å². The fourth-order valence-electron chi connectivity index (χ4n) is 1.14. The van der Waals surface area contributed by atoms with E-state index >= 15 is 0 Å². The van der Waals surface area contributed by atoms with Gasteiger partial charge in [0, 0.05) is 13.1 Å². The molecule has 6 heteroatoms. The van der Waals surface area contributed by atoms with Gasteiger partial charge in [0.25, 0.3) is 11.0 Å². The van der Waals surface area contributed by atoms with Gasteiger partial charge in [0.05, 0.1) is 0 Å². The van der Waals surface area contributed by atoms with Crippen molar-refractivity contribution >= 4 is 5.91 Å². The third-order valence-corrected chi connectivity index (χ3v) is 1.93. The summed E-state index contributed by atoms with van der Waals surface area (Å²) in [5.74, 6) is -0.325. The Hall–Kier alpha value is -1.33. The first-order valence-electron chi connectivity index (χ1n) is 4.66. The number of likely N-dealkylation sites (N-methyl/N-ethyl adjacent to an activating group) is 1. The van der Waals surface area contributed by atoms with E-state index in [1.807, 2.05) is 13.8 Å². The Labute approximate surface area is 82.9 Å². The van der Waals surface area contributed by atoms with Gasteiger partial charge >= 0.3 is 0 Å². The minimum absolute atomic E-state index is 0.302. The molecule has 0 saturated heterocycles. The first-order chi connectivity index (χ1) is 6.56. The highest BCUT2D eigenvalue weighted by molar-refractivity contribution is 5.80. The molecule has 1 amide bonds. The Balaban J connectivity index is 4.35. The highest BCUT2D eigenvalue weighted by Gasteiger charge is 2.24. The summed E-state index contributed by atoms with van der Waals surface area (Å²) in [4.78, 5) is 27.4. The van der Waals surface area contributed by atoms with Gasteiger partial charge in [0.15, 0.2) is 6.10 Å². The second kappa shape index (κ2) is 6.17. The summed E-state index contributed by atoms with van der Waals surface area (Å²) in [5, 5.41) is 9.16. The molecule has 6 nitrogen and oxygen atoms in total. The minimum atomic E-state index is -0.968. The van der Waals surface area contributed by atoms with Gasteiger partial charge < -0.3 is 9.74 Å². The van der Waals surface area contributed by atoms with Crippen molar-refractivity contribution in [3.05, 3.63) is 10.1 Å². The van der Waals surface area contributed by atoms with E-state index in [1.54, 1.807) is 6.92 Å². The molecule has 0 aromatic heterocycles. The minimum Gasteiger partial charge on any atom is -0.341 e. The van der Waals surface area contributed by atoms with Crippen molar-refractivity contribution in [1.29, 1.82) is 0 Å². The van der Waals surface area contributed by atoms with Gasteiger partial charge in [-0.1, -0.05) is 6.92 Å². The van der Waals surface area contributed by atoms with Crippen molar-refractivity contribution in [3.63, 3.8) is 0 Å². The standard InChI is InChI=1S/C8H16N2O4/c1-4-7(14-10(12)13)8(11)9(5-2)6-3/h7H,4-6H2,1-3H3. The molecule has 0 aliphatic heterocycles. The molecule has 0 radical (unpaired) electrons. The van der Waals surface area contributed by atoms with Crippen LogP contribution in [0, 0.1) is 10.1 Å². The number of nitrogens with zero attached hydrogens (tertiary/aromatic N) is 2. The van der Waals surface area contributed by atoms with Crippen molar-refractivity contribution in [2.75, 3.05) is 13.1 Å². The van der Waals surface area contributed by atoms with Crippen LogP contribution in [0.25, 0.3) is 0 Å². The molecule has 0 aliphatic carbocycles. The van der Waals surface area contributed by atoms with E-state index < -0.39 is 11.2 Å². The lowest BCUT2D eigenvalue weighted by Crippen LogP contribution is -2.40. The van der Waals surface area contributed by atoms with Gasteiger partial charge in [-0.3, -0.25) is 4.79 Å². The molecule has 14 heavy (non-hydrogen) atoms. The zero-order valence-electron chi connectivity index (χ0n) is 8.73. The van der Waals surface area contributed by atoms with E-state index in [1.165, 1.54) is 4.90 Å². The van der Waals surface area contributed by atoms with E-state index in [-0.39, 0.29) is 5.91 Å². The molecule has 0 heterocycles. The summed E-state index contributed by atoms with van der Waals surface area (Å²) >= 11 is 0. The predicted octanol–water partition coefficient (Wildman–Crippen LogP) is 0.842. The summed E-state index contributed by atoms with van der Waals surface area (Å²) in [5.41, 5.74) is 0. The lowest BCUT2D eigenvalue weighted by Gasteiger charge is -2.22. The number of rotatable bonds is 6. The van der Waals surface area contributed by atoms with Crippen molar-refractivity contribution in [2.24, 2.45) is 0 Å². The molecule has 0 spiro atoms. The molecule has 1 atom stereocenters. The van der Waals surface area contributed by atoms with Crippen molar-refractivity contribution in [2.45, 2.75) is 33.3 Å². The second-order valence-electron chi connectivity index (χ2n) is 2.74. The van der Waals surface area contributed by atoms with E-state index in [0.29, 0.717) is 19.5 Å². The van der Waals surface area contributed by atoms with Crippen LogP contribution >= 0.6 is 0 Å². The Morgan fingerprint density at radius 2 is 1.93 bits per heavy atom. The van der Waals surface area contributed by atoms with Gasteiger partial charge in [-0.25, -0.2) is 0 Å². The topological polar surface area (TPSA) is 72.7 Å². The maximum absolute atomic E-state index is 11.6. The van der Waals surface area contributed by atoms with Crippen LogP contribution in [0.4, 0.5) is 0 Å². The molecule has 82 valence electrons. The Bertz CT molecular complexity index is 204. The maximum atomic E-state index is 11.6. The highest BCUT2D eigenvalue weighted by Crippen LogP contribution is 2.04. The molecule has 0 aromatic carbocycles. The quantitative estimate of drug-likeness (QED) is 0.474. The fraction of sp³-hybridized carbons (Fsp3) is 0.875. The average molecular weight is 204 g/mol. The normalized spacial score (nSPS) is 11.9. The zero-order chi connectivity index (χ0) is 11.1. The van der Waals surface area contributed by atoms with Crippen LogP contribution in [0.1, 0.15) is 27.2 Å². The maximum Gasteiger partial charge on any atom is 0.295 e. The van der Waals surface area contributed by atoms with Crippen LogP contribution in [0.2, 0.25) is 0 Å². The molecule has 0 aromatic rings. The first-order valence-corrected chi connectivity index (χ1v) is 4.66. The molecular weight excluding hydrogens is 188 g/mol. The number of carbonyl (C=O) groups is 1. The van der Waals surface area contributed by atoms with E-state index in [0.717, 1.165) is 0 Å². The van der Waals surface area contributed by atoms with Crippen LogP contribution in [0.5, 0.6) is 0 Å². The van der Waals surface area contributed by atoms with Crippen LogP contribution in [-0.4, -0.2) is 35.1 Å². The molecular formula is C8H16N2O4. The monoisotopic (exact) mass is 204 g/mol. The van der Waals surface area contributed by atoms with Gasteiger partial charge in [-0.2, -0.15) is 0 Å². The van der Waals surface area contributed by atoms with E-state index in [4.69, 9.17) is 0 Å². The summed E-state index contributed by atoms with van der Waals surface area (Å²) in [7, 11) is 0. The second-order valence-corrected chi connectivity index (χ2v) is 2.74. The molecule has 0 saturated carbocycles. The lowest BCUT2D eigenvalue weighted by atomic mass is 10.2. The largest absolute Gasteiger partial charge is 0.341 e.